The number of alkyl halides is 3. The second-order valence-corrected chi connectivity index (χ2v) is 17.9. The maximum absolute atomic E-state index is 13.8. The van der Waals surface area contributed by atoms with Crippen LogP contribution in [-0.2, 0) is 19.2 Å². The third-order valence-electron chi connectivity index (χ3n) is 8.39. The molecule has 2 N–H and O–H groups in total. The molecule has 0 radical (unpaired) electrons. The standard InChI is InChI=1S/C26H39F3N4O4Si/c1-24(2,3)18(11-20(34)26(27,28)29)23(37)33-15-38(8-6-7-9-38)14-19(33)22(36)31-17(13-30)10-16-12-25(4,5)32-21(16)35/h16-19H,6-12,14-15H2,1-5H3,(H,31,36)(H,32,35)/t16?,17?,18-,19?/m1/s1. The molecule has 8 nitrogen and oxygen atoms in total. The summed E-state index contributed by atoms with van der Waals surface area (Å²) in [6, 6.07) is 2.56. The van der Waals surface area contributed by atoms with Gasteiger partial charge in [-0.1, -0.05) is 45.7 Å². The van der Waals surface area contributed by atoms with Crippen molar-refractivity contribution in [2.75, 3.05) is 6.17 Å². The maximum Gasteiger partial charge on any atom is 0.449 e. The van der Waals surface area contributed by atoms with E-state index in [0.29, 0.717) is 18.6 Å². The third kappa shape index (κ3) is 6.76. The molecular formula is C26H39F3N4O4Si. The molecule has 3 rings (SSSR count). The zero-order valence-electron chi connectivity index (χ0n) is 22.8. The second kappa shape index (κ2) is 10.6. The van der Waals surface area contributed by atoms with Crippen LogP contribution in [0.1, 0.15) is 66.7 Å². The van der Waals surface area contributed by atoms with Crippen LogP contribution < -0.4 is 10.6 Å². The number of hydrogen-bond acceptors (Lipinski definition) is 5. The van der Waals surface area contributed by atoms with Gasteiger partial charge in [0.05, 0.1) is 20.1 Å². The number of nitrogens with one attached hydrogen (secondary N) is 2. The van der Waals surface area contributed by atoms with Crippen LogP contribution >= 0.6 is 0 Å². The fraction of sp³-hybridized carbons (Fsp3) is 0.808. The maximum atomic E-state index is 13.8. The van der Waals surface area contributed by atoms with Crippen molar-refractivity contribution < 1.29 is 32.3 Å². The predicted octanol–water partition coefficient (Wildman–Crippen LogP) is 3.48. The minimum atomic E-state index is -5.05. The summed E-state index contributed by atoms with van der Waals surface area (Å²) in [6.07, 6.45) is -3.02. The molecule has 0 aliphatic carbocycles. The largest absolute Gasteiger partial charge is 0.449 e. The lowest BCUT2D eigenvalue weighted by Crippen LogP contribution is -2.52. The van der Waals surface area contributed by atoms with Crippen molar-refractivity contribution in [3.8, 4) is 6.07 Å². The van der Waals surface area contributed by atoms with E-state index in [4.69, 9.17) is 0 Å². The van der Waals surface area contributed by atoms with Gasteiger partial charge in [0.1, 0.15) is 12.1 Å². The van der Waals surface area contributed by atoms with Gasteiger partial charge >= 0.3 is 6.18 Å². The van der Waals surface area contributed by atoms with E-state index in [9.17, 15) is 37.6 Å². The molecule has 3 unspecified atom stereocenters. The summed E-state index contributed by atoms with van der Waals surface area (Å²) in [6.45, 7) is 8.62. The van der Waals surface area contributed by atoms with Gasteiger partial charge < -0.3 is 15.5 Å². The Morgan fingerprint density at radius 1 is 1.21 bits per heavy atom. The topological polar surface area (TPSA) is 119 Å². The van der Waals surface area contributed by atoms with Gasteiger partial charge in [0.2, 0.25) is 23.5 Å². The van der Waals surface area contributed by atoms with Gasteiger partial charge in [0.15, 0.2) is 0 Å². The third-order valence-corrected chi connectivity index (χ3v) is 13.5. The number of amides is 3. The lowest BCUT2D eigenvalue weighted by Gasteiger charge is -2.35. The van der Waals surface area contributed by atoms with E-state index < -0.39 is 73.1 Å². The summed E-state index contributed by atoms with van der Waals surface area (Å²) in [5, 5.41) is 15.3. The molecule has 3 aliphatic rings. The monoisotopic (exact) mass is 556 g/mol. The Kier molecular flexibility index (Phi) is 8.42. The average molecular weight is 557 g/mol. The number of nitriles is 1. The molecule has 38 heavy (non-hydrogen) atoms. The summed E-state index contributed by atoms with van der Waals surface area (Å²) in [5.74, 6) is -4.95. The first-order chi connectivity index (χ1) is 17.4. The number of Topliss-reactive ketones (excluding diaryl/α,β-unsaturated/α-hetero) is 1. The van der Waals surface area contributed by atoms with Crippen LogP contribution in [0.2, 0.25) is 18.1 Å². The van der Waals surface area contributed by atoms with Crippen molar-refractivity contribution in [1.82, 2.24) is 15.5 Å². The number of hydrogen-bond donors (Lipinski definition) is 2. The van der Waals surface area contributed by atoms with Crippen LogP contribution in [-0.4, -0.2) is 66.4 Å². The summed E-state index contributed by atoms with van der Waals surface area (Å²) < 4.78 is 39.4. The Hall–Kier alpha value is -2.42. The highest BCUT2D eigenvalue weighted by Crippen LogP contribution is 2.43. The number of rotatable bonds is 7. The average Bonchev–Trinajstić information content (AvgIpc) is 3.47. The molecular weight excluding hydrogens is 517 g/mol. The SMILES string of the molecule is CC1(C)CC(CC(C#N)NC(=O)C2C[Si]3(CCCC3)CN2C(=O)[C@@H](CC(=O)C(F)(F)F)C(C)(C)C)C(=O)N1. The van der Waals surface area contributed by atoms with Crippen molar-refractivity contribution in [2.45, 2.75) is 109 Å². The minimum Gasteiger partial charge on any atom is -0.351 e. The molecule has 3 heterocycles. The van der Waals surface area contributed by atoms with Crippen LogP contribution in [0.3, 0.4) is 0 Å². The molecule has 0 bridgehead atoms. The van der Waals surface area contributed by atoms with Crippen molar-refractivity contribution in [1.29, 1.82) is 5.26 Å². The fourth-order valence-corrected chi connectivity index (χ4v) is 11.8. The molecule has 212 valence electrons. The zero-order valence-corrected chi connectivity index (χ0v) is 23.8. The van der Waals surface area contributed by atoms with Crippen LogP contribution in [0.15, 0.2) is 0 Å². The molecule has 12 heteroatoms. The van der Waals surface area contributed by atoms with Crippen molar-refractivity contribution >= 4 is 31.6 Å². The molecule has 0 aromatic heterocycles. The van der Waals surface area contributed by atoms with Gasteiger partial charge in [-0.3, -0.25) is 19.2 Å². The van der Waals surface area contributed by atoms with E-state index in [1.165, 1.54) is 4.90 Å². The van der Waals surface area contributed by atoms with Crippen LogP contribution in [0.4, 0.5) is 13.2 Å². The summed E-state index contributed by atoms with van der Waals surface area (Å²) in [5.41, 5.74) is -1.35. The molecule has 0 aromatic carbocycles. The summed E-state index contributed by atoms with van der Waals surface area (Å²) >= 11 is 0. The Bertz CT molecular complexity index is 1010. The summed E-state index contributed by atoms with van der Waals surface area (Å²) in [4.78, 5) is 52.9. The quantitative estimate of drug-likeness (QED) is 0.466. The van der Waals surface area contributed by atoms with Gasteiger partial charge in [-0.2, -0.15) is 18.4 Å². The minimum absolute atomic E-state index is 0.130. The number of carbonyl (C=O) groups is 4. The van der Waals surface area contributed by atoms with Crippen LogP contribution in [0.25, 0.3) is 0 Å². The first-order valence-corrected chi connectivity index (χ1v) is 16.1. The highest BCUT2D eigenvalue weighted by Gasteiger charge is 2.54. The Labute approximate surface area is 223 Å². The molecule has 4 atom stereocenters. The number of halogens is 3. The van der Waals surface area contributed by atoms with E-state index in [1.54, 1.807) is 20.8 Å². The summed E-state index contributed by atoms with van der Waals surface area (Å²) in [7, 11) is -2.04. The lowest BCUT2D eigenvalue weighted by atomic mass is 9.76. The fourth-order valence-electron chi connectivity index (χ4n) is 6.36. The van der Waals surface area contributed by atoms with Gasteiger partial charge in [-0.15, -0.1) is 0 Å². The lowest BCUT2D eigenvalue weighted by molar-refractivity contribution is -0.174. The molecule has 1 spiro atoms. The van der Waals surface area contributed by atoms with E-state index in [2.05, 4.69) is 16.7 Å². The van der Waals surface area contributed by atoms with E-state index >= 15 is 0 Å². The van der Waals surface area contributed by atoms with Gasteiger partial charge in [0.25, 0.3) is 0 Å². The molecule has 3 amide bonds. The smallest absolute Gasteiger partial charge is 0.351 e. The second-order valence-electron chi connectivity index (χ2n) is 13.1. The Morgan fingerprint density at radius 3 is 2.29 bits per heavy atom. The molecule has 3 fully saturated rings. The van der Waals surface area contributed by atoms with Gasteiger partial charge in [-0.05, 0) is 38.1 Å². The van der Waals surface area contributed by atoms with Gasteiger partial charge in [-0.25, -0.2) is 0 Å². The number of ketones is 1. The van der Waals surface area contributed by atoms with Crippen molar-refractivity contribution in [2.24, 2.45) is 17.3 Å². The highest BCUT2D eigenvalue weighted by atomic mass is 28.3. The molecule has 0 saturated carbocycles. The molecule has 0 aromatic rings. The number of nitrogens with zero attached hydrogens (tertiary/aromatic N) is 2. The van der Waals surface area contributed by atoms with Crippen LogP contribution in [0.5, 0.6) is 0 Å². The normalized spacial score (nSPS) is 26.1. The van der Waals surface area contributed by atoms with E-state index in [1.807, 2.05) is 13.8 Å². The Balaban J connectivity index is 1.82. The molecule has 3 saturated heterocycles. The van der Waals surface area contributed by atoms with Crippen molar-refractivity contribution in [3.63, 3.8) is 0 Å². The van der Waals surface area contributed by atoms with Crippen LogP contribution in [0, 0.1) is 28.6 Å². The molecule has 3 aliphatic heterocycles. The Morgan fingerprint density at radius 2 is 1.82 bits per heavy atom. The predicted molar refractivity (Wildman–Crippen MR) is 136 cm³/mol. The van der Waals surface area contributed by atoms with E-state index in [-0.39, 0.29) is 12.3 Å². The highest BCUT2D eigenvalue weighted by molar-refractivity contribution is 6.82. The first kappa shape index (κ1) is 30.1. The number of carbonyl (C=O) groups excluding carboxylic acids is 4. The first-order valence-electron chi connectivity index (χ1n) is 13.3. The zero-order chi connectivity index (χ0) is 28.7. The van der Waals surface area contributed by atoms with E-state index in [0.717, 1.165) is 24.9 Å². The van der Waals surface area contributed by atoms with Crippen molar-refractivity contribution in [3.05, 3.63) is 0 Å². The van der Waals surface area contributed by atoms with Gasteiger partial charge in [0, 0.05) is 24.0 Å².